The summed E-state index contributed by atoms with van der Waals surface area (Å²) in [5.41, 5.74) is 0. The van der Waals surface area contributed by atoms with Crippen molar-refractivity contribution in [3.05, 3.63) is 0 Å². The fourth-order valence-corrected chi connectivity index (χ4v) is 1.76. The van der Waals surface area contributed by atoms with Crippen LogP contribution in [0.4, 0.5) is 0 Å². The number of hydrogen-bond acceptors (Lipinski definition) is 4. The van der Waals surface area contributed by atoms with Gasteiger partial charge in [-0.25, -0.2) is 4.57 Å². The van der Waals surface area contributed by atoms with Gasteiger partial charge in [-0.1, -0.05) is 0 Å². The molecule has 0 fully saturated rings. The molecule has 4 nitrogen and oxygen atoms in total. The second-order valence-electron chi connectivity index (χ2n) is 1.70. The molecule has 0 N–H and O–H groups in total. The molecule has 0 radical (unpaired) electrons. The molecule has 0 unspecified atom stereocenters. The monoisotopic (exact) mass is 206 g/mol. The molecular weight excluding hydrogens is 190 g/mol. The van der Waals surface area contributed by atoms with E-state index >= 15 is 0 Å². The molecular formula is C6H16NaO4P. The largest absolute Gasteiger partial charge is 1.00 e. The summed E-state index contributed by atoms with van der Waals surface area (Å²) in [7, 11) is -3.22. The molecule has 0 saturated heterocycles. The molecule has 0 rings (SSSR count). The van der Waals surface area contributed by atoms with Crippen molar-refractivity contribution in [1.82, 2.24) is 0 Å². The van der Waals surface area contributed by atoms with Crippen molar-refractivity contribution in [2.45, 2.75) is 20.8 Å². The zero-order valence-electron chi connectivity index (χ0n) is 9.20. The molecule has 0 amide bonds. The Bertz CT molecular complexity index is 123. The van der Waals surface area contributed by atoms with E-state index in [-0.39, 0.29) is 31.0 Å². The molecule has 0 aliphatic rings. The molecule has 0 aliphatic heterocycles. The third-order valence-corrected chi connectivity index (χ3v) is 2.58. The van der Waals surface area contributed by atoms with E-state index in [1.165, 1.54) is 0 Å². The maximum atomic E-state index is 11.3. The van der Waals surface area contributed by atoms with Gasteiger partial charge in [0.05, 0.1) is 19.8 Å². The van der Waals surface area contributed by atoms with Crippen molar-refractivity contribution in [3.63, 3.8) is 0 Å². The molecule has 0 bridgehead atoms. The molecule has 0 saturated carbocycles. The fourth-order valence-electron chi connectivity index (χ4n) is 0.586. The molecule has 6 heteroatoms. The van der Waals surface area contributed by atoms with E-state index in [9.17, 15) is 4.57 Å². The predicted octanol–water partition coefficient (Wildman–Crippen LogP) is -0.679. The van der Waals surface area contributed by atoms with Crippen LogP contribution in [0.25, 0.3) is 0 Å². The number of hydrogen-bond donors (Lipinski definition) is 0. The predicted molar refractivity (Wildman–Crippen MR) is 43.6 cm³/mol. The van der Waals surface area contributed by atoms with Gasteiger partial charge in [-0.3, -0.25) is 13.6 Å². The summed E-state index contributed by atoms with van der Waals surface area (Å²) >= 11 is 0. The minimum atomic E-state index is -3.22. The van der Waals surface area contributed by atoms with E-state index in [0.717, 1.165) is 0 Å². The third-order valence-electron chi connectivity index (χ3n) is 0.862. The van der Waals surface area contributed by atoms with E-state index in [1.807, 2.05) is 0 Å². The summed E-state index contributed by atoms with van der Waals surface area (Å²) < 4.78 is 25.8. The van der Waals surface area contributed by atoms with Gasteiger partial charge in [-0.2, -0.15) is 0 Å². The normalized spacial score (nSPS) is 10.9. The van der Waals surface area contributed by atoms with Crippen molar-refractivity contribution < 1.29 is 49.1 Å². The SMILES string of the molecule is CCOP(=O)(OCC)OCC.[H-].[Na+]. The van der Waals surface area contributed by atoms with Gasteiger partial charge < -0.3 is 1.43 Å². The van der Waals surface area contributed by atoms with Crippen LogP contribution in [-0.4, -0.2) is 19.8 Å². The number of rotatable bonds is 6. The molecule has 0 atom stereocenters. The van der Waals surface area contributed by atoms with E-state index < -0.39 is 7.82 Å². The maximum Gasteiger partial charge on any atom is 1.00 e. The first-order valence-corrected chi connectivity index (χ1v) is 5.18. The van der Waals surface area contributed by atoms with Crippen molar-refractivity contribution in [2.75, 3.05) is 19.8 Å². The second-order valence-corrected chi connectivity index (χ2v) is 3.37. The third kappa shape index (κ3) is 6.61. The van der Waals surface area contributed by atoms with Gasteiger partial charge in [0.15, 0.2) is 0 Å². The van der Waals surface area contributed by atoms with Crippen LogP contribution in [0, 0.1) is 0 Å². The fraction of sp³-hybridized carbons (Fsp3) is 1.00. The van der Waals surface area contributed by atoms with Crippen LogP contribution < -0.4 is 29.6 Å². The first-order chi connectivity index (χ1) is 5.18. The van der Waals surface area contributed by atoms with Gasteiger partial charge >= 0.3 is 37.4 Å². The van der Waals surface area contributed by atoms with E-state index in [4.69, 9.17) is 13.6 Å². The van der Waals surface area contributed by atoms with Gasteiger partial charge in [0.2, 0.25) is 0 Å². The van der Waals surface area contributed by atoms with Crippen LogP contribution in [-0.2, 0) is 18.1 Å². The first-order valence-electron chi connectivity index (χ1n) is 3.72. The molecule has 0 aromatic carbocycles. The van der Waals surface area contributed by atoms with Gasteiger partial charge in [0.1, 0.15) is 0 Å². The Hall–Kier alpha value is 1.11. The zero-order valence-corrected chi connectivity index (χ0v) is 11.1. The molecule has 0 aromatic heterocycles. The maximum absolute atomic E-state index is 11.3. The van der Waals surface area contributed by atoms with Gasteiger partial charge in [0.25, 0.3) is 0 Å². The summed E-state index contributed by atoms with van der Waals surface area (Å²) in [5, 5.41) is 0. The molecule has 0 heterocycles. The van der Waals surface area contributed by atoms with Crippen LogP contribution in [0.2, 0.25) is 0 Å². The van der Waals surface area contributed by atoms with Gasteiger partial charge in [-0.15, -0.1) is 0 Å². The summed E-state index contributed by atoms with van der Waals surface area (Å²) in [6.07, 6.45) is 0. The van der Waals surface area contributed by atoms with E-state index in [2.05, 4.69) is 0 Å². The second kappa shape index (κ2) is 8.70. The minimum absolute atomic E-state index is 0. The Labute approximate surface area is 97.4 Å². The standard InChI is InChI=1S/C6H15O4P.Na.H/c1-4-8-11(7,9-5-2)10-6-3;;/h4-6H2,1-3H3;;/q;+1;-1. The molecule has 0 spiro atoms. The zero-order chi connectivity index (χ0) is 8.74. The Kier molecular flexibility index (Phi) is 11.3. The smallest absolute Gasteiger partial charge is 1.00 e. The minimum Gasteiger partial charge on any atom is -1.00 e. The quantitative estimate of drug-likeness (QED) is 0.426. The van der Waals surface area contributed by atoms with Gasteiger partial charge in [0, 0.05) is 0 Å². The number of phosphoric ester groups is 1. The van der Waals surface area contributed by atoms with Crippen molar-refractivity contribution in [2.24, 2.45) is 0 Å². The van der Waals surface area contributed by atoms with Gasteiger partial charge in [-0.05, 0) is 20.8 Å². The van der Waals surface area contributed by atoms with E-state index in [0.29, 0.717) is 19.8 Å². The van der Waals surface area contributed by atoms with Crippen molar-refractivity contribution in [1.29, 1.82) is 0 Å². The molecule has 0 aromatic rings. The Morgan fingerprint density at radius 2 is 1.25 bits per heavy atom. The summed E-state index contributed by atoms with van der Waals surface area (Å²) in [5.74, 6) is 0. The van der Waals surface area contributed by atoms with Crippen LogP contribution in [0.15, 0.2) is 0 Å². The van der Waals surface area contributed by atoms with Crippen molar-refractivity contribution in [3.8, 4) is 0 Å². The van der Waals surface area contributed by atoms with Crippen LogP contribution in [0.5, 0.6) is 0 Å². The average molecular weight is 206 g/mol. The average Bonchev–Trinajstić information content (AvgIpc) is 1.88. The Morgan fingerprint density at radius 1 is 1.00 bits per heavy atom. The van der Waals surface area contributed by atoms with Crippen molar-refractivity contribution >= 4 is 7.82 Å². The Balaban J connectivity index is -0.000000500. The van der Waals surface area contributed by atoms with Crippen LogP contribution in [0.3, 0.4) is 0 Å². The first kappa shape index (κ1) is 15.6. The van der Waals surface area contributed by atoms with Crippen LogP contribution >= 0.6 is 7.82 Å². The van der Waals surface area contributed by atoms with Crippen LogP contribution in [0.1, 0.15) is 22.2 Å². The Morgan fingerprint density at radius 3 is 1.42 bits per heavy atom. The summed E-state index contributed by atoms with van der Waals surface area (Å²) in [6.45, 7) is 6.21. The molecule has 0 aliphatic carbocycles. The number of phosphoric acid groups is 1. The summed E-state index contributed by atoms with van der Waals surface area (Å²) in [4.78, 5) is 0. The summed E-state index contributed by atoms with van der Waals surface area (Å²) in [6, 6.07) is 0. The molecule has 12 heavy (non-hydrogen) atoms. The molecule has 70 valence electrons. The topological polar surface area (TPSA) is 44.8 Å². The van der Waals surface area contributed by atoms with E-state index in [1.54, 1.807) is 20.8 Å².